The first-order valence-electron chi connectivity index (χ1n) is 3.57. The smallest absolute Gasteiger partial charge is 0.266 e. The number of alkyl halides is 2. The molecule has 3 nitrogen and oxygen atoms in total. The first-order valence-corrected chi connectivity index (χ1v) is 4.36. The Morgan fingerprint density at radius 1 is 1.64 bits per heavy atom. The van der Waals surface area contributed by atoms with E-state index in [1.54, 1.807) is 0 Å². The fourth-order valence-electron chi connectivity index (χ4n) is 0.928. The fourth-order valence-corrected chi connectivity index (χ4v) is 1.57. The number of hydrogen-bond donors (Lipinski definition) is 0. The average Bonchev–Trinajstić information content (AvgIpc) is 2.16. The Hall–Kier alpha value is -1.04. The maximum Gasteiger partial charge on any atom is 0.266 e. The van der Waals surface area contributed by atoms with E-state index in [0.717, 1.165) is 6.20 Å². The van der Waals surface area contributed by atoms with Gasteiger partial charge >= 0.3 is 0 Å². The summed E-state index contributed by atoms with van der Waals surface area (Å²) in [5, 5.41) is 0. The summed E-state index contributed by atoms with van der Waals surface area (Å²) in [5.41, 5.74) is -0.309. The van der Waals surface area contributed by atoms with Gasteiger partial charge in [0, 0.05) is 6.20 Å². The summed E-state index contributed by atoms with van der Waals surface area (Å²) >= 11 is 2.93. The van der Waals surface area contributed by atoms with E-state index in [9.17, 15) is 13.6 Å². The van der Waals surface area contributed by atoms with Crippen LogP contribution < -0.4 is 4.74 Å². The topological polar surface area (TPSA) is 39.2 Å². The van der Waals surface area contributed by atoms with Gasteiger partial charge in [-0.05, 0) is 15.9 Å². The first kappa shape index (κ1) is 11.0. The van der Waals surface area contributed by atoms with E-state index in [1.165, 1.54) is 7.11 Å². The third-order valence-corrected chi connectivity index (χ3v) is 2.40. The molecule has 0 unspecified atom stereocenters. The van der Waals surface area contributed by atoms with Crippen molar-refractivity contribution < 1.29 is 18.3 Å². The van der Waals surface area contributed by atoms with E-state index in [2.05, 4.69) is 20.9 Å². The highest BCUT2D eigenvalue weighted by molar-refractivity contribution is 9.10. The third kappa shape index (κ3) is 1.89. The highest BCUT2D eigenvalue weighted by Gasteiger charge is 2.18. The van der Waals surface area contributed by atoms with E-state index in [1.807, 2.05) is 0 Å². The Morgan fingerprint density at radius 2 is 2.29 bits per heavy atom. The van der Waals surface area contributed by atoms with Gasteiger partial charge < -0.3 is 4.74 Å². The van der Waals surface area contributed by atoms with Gasteiger partial charge in [0.1, 0.15) is 5.69 Å². The van der Waals surface area contributed by atoms with Gasteiger partial charge in [0.25, 0.3) is 6.43 Å². The van der Waals surface area contributed by atoms with Crippen LogP contribution in [0.2, 0.25) is 0 Å². The number of aromatic nitrogens is 1. The molecule has 0 bridgehead atoms. The van der Waals surface area contributed by atoms with E-state index in [4.69, 9.17) is 4.74 Å². The van der Waals surface area contributed by atoms with E-state index >= 15 is 0 Å². The van der Waals surface area contributed by atoms with Crippen LogP contribution in [-0.2, 0) is 0 Å². The van der Waals surface area contributed by atoms with Crippen molar-refractivity contribution in [2.45, 2.75) is 6.43 Å². The van der Waals surface area contributed by atoms with E-state index < -0.39 is 6.43 Å². The molecule has 0 aliphatic heterocycles. The Bertz CT molecular complexity index is 357. The minimum atomic E-state index is -2.66. The molecule has 0 aliphatic rings. The zero-order valence-corrected chi connectivity index (χ0v) is 8.72. The molecule has 0 spiro atoms. The predicted octanol–water partition coefficient (Wildman–Crippen LogP) is 2.60. The second kappa shape index (κ2) is 4.45. The van der Waals surface area contributed by atoms with Crippen LogP contribution in [0.4, 0.5) is 8.78 Å². The van der Waals surface area contributed by atoms with Crippen LogP contribution in [0.15, 0.2) is 10.7 Å². The van der Waals surface area contributed by atoms with Crippen molar-refractivity contribution in [3.63, 3.8) is 0 Å². The van der Waals surface area contributed by atoms with Gasteiger partial charge in [-0.1, -0.05) is 0 Å². The van der Waals surface area contributed by atoms with Crippen LogP contribution in [0.1, 0.15) is 22.5 Å². The molecule has 0 aromatic carbocycles. The minimum Gasteiger partial charge on any atom is -0.493 e. The standard InChI is InChI=1S/C8H6BrF2NO2/c1-14-7-5(3-13)12-2-4(6(7)9)8(10)11/h2-3,8H,1H3. The maximum atomic E-state index is 12.4. The maximum absolute atomic E-state index is 12.4. The molecule has 0 saturated carbocycles. The van der Waals surface area contributed by atoms with Crippen molar-refractivity contribution >= 4 is 22.2 Å². The minimum absolute atomic E-state index is 0.0104. The van der Waals surface area contributed by atoms with Crippen molar-refractivity contribution in [1.29, 1.82) is 0 Å². The molecule has 76 valence electrons. The number of carbonyl (C=O) groups excluding carboxylic acids is 1. The molecule has 1 aromatic rings. The molecule has 0 N–H and O–H groups in total. The molecule has 0 aliphatic carbocycles. The summed E-state index contributed by atoms with van der Waals surface area (Å²) in [6, 6.07) is 0. The van der Waals surface area contributed by atoms with Gasteiger partial charge in [0.15, 0.2) is 12.0 Å². The molecule has 0 amide bonds. The molecule has 0 atom stereocenters. The lowest BCUT2D eigenvalue weighted by Crippen LogP contribution is -1.99. The molecular formula is C8H6BrF2NO2. The number of aldehydes is 1. The third-order valence-electron chi connectivity index (χ3n) is 1.58. The number of nitrogens with zero attached hydrogens (tertiary/aromatic N) is 1. The zero-order chi connectivity index (χ0) is 10.7. The van der Waals surface area contributed by atoms with Crippen molar-refractivity contribution in [2.24, 2.45) is 0 Å². The van der Waals surface area contributed by atoms with E-state index in [-0.39, 0.29) is 21.5 Å². The van der Waals surface area contributed by atoms with Crippen LogP contribution in [0.5, 0.6) is 5.75 Å². The van der Waals surface area contributed by atoms with Gasteiger partial charge in [-0.2, -0.15) is 0 Å². The summed E-state index contributed by atoms with van der Waals surface area (Å²) in [6.07, 6.45) is -1.27. The Balaban J connectivity index is 3.34. The summed E-state index contributed by atoms with van der Waals surface area (Å²) in [7, 11) is 1.28. The van der Waals surface area contributed by atoms with Crippen LogP contribution in [0.25, 0.3) is 0 Å². The number of pyridine rings is 1. The lowest BCUT2D eigenvalue weighted by atomic mass is 10.2. The van der Waals surface area contributed by atoms with Crippen molar-refractivity contribution in [2.75, 3.05) is 7.11 Å². The Morgan fingerprint density at radius 3 is 2.71 bits per heavy atom. The van der Waals surface area contributed by atoms with Gasteiger partial charge in [0.2, 0.25) is 0 Å². The molecule has 6 heteroatoms. The molecule has 0 saturated heterocycles. The van der Waals surface area contributed by atoms with Crippen molar-refractivity contribution in [3.8, 4) is 5.75 Å². The van der Waals surface area contributed by atoms with Gasteiger partial charge in [-0.25, -0.2) is 13.8 Å². The molecular weight excluding hydrogens is 260 g/mol. The largest absolute Gasteiger partial charge is 0.493 e. The summed E-state index contributed by atoms with van der Waals surface area (Å²) in [5.74, 6) is 0.0257. The number of halogens is 3. The number of carbonyl (C=O) groups is 1. The Labute approximate surface area is 87.2 Å². The second-order valence-corrected chi connectivity index (χ2v) is 3.16. The predicted molar refractivity (Wildman–Crippen MR) is 48.8 cm³/mol. The number of rotatable bonds is 3. The van der Waals surface area contributed by atoms with Crippen LogP contribution in [-0.4, -0.2) is 18.4 Å². The summed E-state index contributed by atoms with van der Waals surface area (Å²) in [6.45, 7) is 0. The number of methoxy groups -OCH3 is 1. The van der Waals surface area contributed by atoms with Crippen LogP contribution in [0, 0.1) is 0 Å². The van der Waals surface area contributed by atoms with Gasteiger partial charge in [-0.3, -0.25) is 4.79 Å². The average molecular weight is 266 g/mol. The van der Waals surface area contributed by atoms with Crippen molar-refractivity contribution in [1.82, 2.24) is 4.98 Å². The van der Waals surface area contributed by atoms with Crippen molar-refractivity contribution in [3.05, 3.63) is 21.9 Å². The van der Waals surface area contributed by atoms with E-state index in [0.29, 0.717) is 6.29 Å². The normalized spacial score (nSPS) is 10.4. The first-order chi connectivity index (χ1) is 6.61. The molecule has 0 fully saturated rings. The monoisotopic (exact) mass is 265 g/mol. The van der Waals surface area contributed by atoms with Gasteiger partial charge in [-0.15, -0.1) is 0 Å². The number of hydrogen-bond acceptors (Lipinski definition) is 3. The zero-order valence-electron chi connectivity index (χ0n) is 7.13. The molecule has 0 radical (unpaired) electrons. The molecule has 1 aromatic heterocycles. The lowest BCUT2D eigenvalue weighted by molar-refractivity contribution is 0.111. The SMILES string of the molecule is COc1c(C=O)ncc(C(F)F)c1Br. The fraction of sp³-hybridized carbons (Fsp3) is 0.250. The quantitative estimate of drug-likeness (QED) is 0.789. The second-order valence-electron chi connectivity index (χ2n) is 2.36. The van der Waals surface area contributed by atoms with Crippen LogP contribution in [0.3, 0.4) is 0 Å². The number of ether oxygens (including phenoxy) is 1. The highest BCUT2D eigenvalue weighted by atomic mass is 79.9. The molecule has 1 rings (SSSR count). The summed E-state index contributed by atoms with van der Waals surface area (Å²) in [4.78, 5) is 14.0. The van der Waals surface area contributed by atoms with Crippen LogP contribution >= 0.6 is 15.9 Å². The molecule has 14 heavy (non-hydrogen) atoms. The Kier molecular flexibility index (Phi) is 3.51. The molecule has 1 heterocycles. The van der Waals surface area contributed by atoms with Gasteiger partial charge in [0.05, 0.1) is 17.1 Å². The lowest BCUT2D eigenvalue weighted by Gasteiger charge is -2.09. The summed E-state index contributed by atoms with van der Waals surface area (Å²) < 4.78 is 29.6. The highest BCUT2D eigenvalue weighted by Crippen LogP contribution is 2.35.